The fourth-order valence-corrected chi connectivity index (χ4v) is 17.4. The van der Waals surface area contributed by atoms with Gasteiger partial charge in [-0.2, -0.15) is 26.3 Å². The number of sulfonamides is 2. The van der Waals surface area contributed by atoms with Crippen LogP contribution in [0.15, 0.2) is 12.2 Å². The first-order valence-electron chi connectivity index (χ1n) is 27.4. The molecule has 0 saturated carbocycles. The van der Waals surface area contributed by atoms with Gasteiger partial charge in [-0.25, -0.2) is 21.1 Å². The number of nitrogens with zero attached hydrogens (tertiary/aromatic N) is 2. The largest absolute Gasteiger partial charge is 0.500 e. The van der Waals surface area contributed by atoms with Crippen LogP contribution in [0.25, 0.3) is 0 Å². The summed E-state index contributed by atoms with van der Waals surface area (Å²) < 4.78 is 199. The Balaban J connectivity index is -0.000000345. The summed E-state index contributed by atoms with van der Waals surface area (Å²) in [4.78, 5) is 76.5. The Morgan fingerprint density at radius 3 is 0.967 bits per heavy atom. The minimum atomic E-state index is -5.61. The van der Waals surface area contributed by atoms with E-state index in [4.69, 9.17) is 66.4 Å². The molecule has 0 aromatic rings. The number of hydrogen-bond acceptors (Lipinski definition) is 26. The summed E-state index contributed by atoms with van der Waals surface area (Å²) in [6.07, 6.45) is -5.41. The van der Waals surface area contributed by atoms with Crippen molar-refractivity contribution in [2.75, 3.05) is 139 Å². The molecule has 0 aliphatic rings. The van der Waals surface area contributed by atoms with Crippen LogP contribution in [0.1, 0.15) is 78.6 Å². The Labute approximate surface area is 542 Å². The summed E-state index contributed by atoms with van der Waals surface area (Å²) in [5.41, 5.74) is 0.508. The molecule has 0 radical (unpaired) electrons. The maximum absolute atomic E-state index is 12.3. The number of carbonyl (C=O) groups is 7. The molecule has 0 aromatic carbocycles. The van der Waals surface area contributed by atoms with Gasteiger partial charge in [0.2, 0.25) is 49.6 Å². The maximum Gasteiger partial charge on any atom is 0.500 e. The zero-order valence-corrected chi connectivity index (χ0v) is 63.0. The first-order chi connectivity index (χ1) is 42.3. The average Bonchev–Trinajstić information content (AvgIpc) is 0.942. The van der Waals surface area contributed by atoms with Crippen molar-refractivity contribution in [3.05, 3.63) is 12.2 Å². The highest BCUT2D eigenvalue weighted by Gasteiger charge is 2.52. The number of unbranched alkanes of at least 4 members (excludes halogenated alkanes) is 2. The summed E-state index contributed by atoms with van der Waals surface area (Å²) in [6.45, 7) is 7.31. The third-order valence-electron chi connectivity index (χ3n) is 12.3. The zero-order chi connectivity index (χ0) is 73.0. The summed E-state index contributed by atoms with van der Waals surface area (Å²) in [7, 11) is 1.44. The van der Waals surface area contributed by atoms with Crippen LogP contribution < -0.4 is 15.4 Å². The quantitative estimate of drug-likeness (QED) is 0.0342. The number of imide groups is 2. The second-order valence-corrected chi connectivity index (χ2v) is 37.9. The minimum Gasteiger partial charge on any atom is -0.377 e. The summed E-state index contributed by atoms with van der Waals surface area (Å²) in [6, 6.07) is 2.17. The number of halogens is 6. The van der Waals surface area contributed by atoms with Crippen LogP contribution in [0.3, 0.4) is 0 Å². The third-order valence-corrected chi connectivity index (χ3v) is 28.3. The van der Waals surface area contributed by atoms with Gasteiger partial charge in [0.1, 0.15) is 0 Å². The fraction of sp³-hybridized carbons (Fsp3) is 0.812. The molecule has 44 heteroatoms. The van der Waals surface area contributed by atoms with Gasteiger partial charge in [-0.05, 0) is 51.9 Å². The van der Waals surface area contributed by atoms with Gasteiger partial charge in [-0.1, -0.05) is 6.58 Å². The molecule has 7 amide bonds. The molecule has 0 rings (SSSR count). The van der Waals surface area contributed by atoms with Crippen molar-refractivity contribution in [2.24, 2.45) is 0 Å². The van der Waals surface area contributed by atoms with E-state index in [2.05, 4.69) is 17.2 Å². The number of hydrogen-bond donors (Lipinski definition) is 3. The Kier molecular flexibility index (Phi) is 51.7. The first kappa shape index (κ1) is 97.1. The molecule has 3 N–H and O–H groups in total. The second kappa shape index (κ2) is 49.0. The highest BCUT2D eigenvalue weighted by atomic mass is 32.2. The van der Waals surface area contributed by atoms with Gasteiger partial charge < -0.3 is 71.7 Å². The molecule has 0 bridgehead atoms. The molecule has 0 fully saturated rings. The summed E-state index contributed by atoms with van der Waals surface area (Å²) in [5, 5.41) is 4.97. The molecule has 92 heavy (non-hydrogen) atoms. The van der Waals surface area contributed by atoms with E-state index in [1.54, 1.807) is 49.6 Å². The van der Waals surface area contributed by atoms with E-state index in [0.717, 1.165) is 29.7 Å². The highest BCUT2D eigenvalue weighted by molar-refractivity contribution is 7.89. The number of alkyl halides is 6. The number of carbonyl (C=O) groups excluding carboxylic acids is 7. The monoisotopic (exact) mass is 1480 g/mol. The standard InChI is InChI=1S/C10H15F6NO5Si.C10H21NO5Si.C10H21NO4Si.2C9H21NO6SSi/c1-20-23(21-2,22-3)6-4-5-17(7(18)9(11,12)13)8(19)10(14,15)16;1-9(12)11-10(13)7-5-6-8-17(14-2,15-3)16-4;1-9(2)10(12)11-7-6-8-16(13-3,14-4)15-5;1-9(11)10(17(5,12)13)7-6-8-18(14-2,15-3)16-4;1-14-18(15-2,16-3)8-6-5-7-9(11)10-17(4,12)13/h4-6H2,1-3H3;5-8H2,1-4H3,(H,11,12,13);1,6-8H2,2-5H3,(H,11,12);6-8H2,1-5H3;5-8H2,1-4H3,(H,10,11). The summed E-state index contributed by atoms with van der Waals surface area (Å²) in [5.74, 6) is -7.49. The number of amides is 7. The number of rotatable bonds is 40. The van der Waals surface area contributed by atoms with E-state index in [0.29, 0.717) is 68.4 Å². The van der Waals surface area contributed by atoms with Crippen molar-refractivity contribution in [3.63, 3.8) is 0 Å². The normalized spacial score (nSPS) is 12.2. The molecule has 0 atom stereocenters. The molecule has 0 spiro atoms. The molecule has 31 nitrogen and oxygen atoms in total. The van der Waals surface area contributed by atoms with Crippen LogP contribution in [0.2, 0.25) is 30.2 Å². The Morgan fingerprint density at radius 1 is 0.435 bits per heavy atom. The fourth-order valence-electron chi connectivity index (χ4n) is 7.26. The molecular formula is C48H99F6N5O26S2Si5. The first-order valence-corrected chi connectivity index (χ1v) is 40.8. The van der Waals surface area contributed by atoms with Gasteiger partial charge in [0, 0.05) is 189 Å². The van der Waals surface area contributed by atoms with Crippen LogP contribution >= 0.6 is 0 Å². The Morgan fingerprint density at radius 2 is 0.717 bits per heavy atom. The lowest BCUT2D eigenvalue weighted by Crippen LogP contribution is -2.51. The predicted octanol–water partition coefficient (Wildman–Crippen LogP) is 3.55. The maximum atomic E-state index is 12.3. The highest BCUT2D eigenvalue weighted by Crippen LogP contribution is 2.26. The smallest absolute Gasteiger partial charge is 0.377 e. The third kappa shape index (κ3) is 42.1. The van der Waals surface area contributed by atoms with Crippen LogP contribution in [-0.4, -0.2) is 263 Å². The van der Waals surface area contributed by atoms with E-state index >= 15 is 0 Å². The summed E-state index contributed by atoms with van der Waals surface area (Å²) >= 11 is 0. The molecule has 0 unspecified atom stereocenters. The van der Waals surface area contributed by atoms with Gasteiger partial charge in [0.25, 0.3) is 0 Å². The lowest BCUT2D eigenvalue weighted by atomic mass is 10.2. The van der Waals surface area contributed by atoms with Crippen molar-refractivity contribution in [1.82, 2.24) is 24.6 Å². The van der Waals surface area contributed by atoms with Gasteiger partial charge in [0.05, 0.1) is 12.5 Å². The van der Waals surface area contributed by atoms with Gasteiger partial charge in [-0.3, -0.25) is 48.5 Å². The van der Waals surface area contributed by atoms with E-state index < -0.39 is 118 Å². The minimum absolute atomic E-state index is 0.0962. The van der Waals surface area contributed by atoms with Crippen LogP contribution in [0, 0.1) is 0 Å². The lowest BCUT2D eigenvalue weighted by Gasteiger charge is -2.26. The molecule has 0 aliphatic carbocycles. The van der Waals surface area contributed by atoms with Crippen molar-refractivity contribution < 1.29 is 143 Å². The van der Waals surface area contributed by atoms with Gasteiger partial charge >= 0.3 is 68.2 Å². The van der Waals surface area contributed by atoms with Crippen molar-refractivity contribution in [2.45, 2.75) is 121 Å². The van der Waals surface area contributed by atoms with E-state index in [1.165, 1.54) is 77.8 Å². The molecule has 546 valence electrons. The molecule has 0 heterocycles. The molecular weight excluding hydrogens is 1380 g/mol. The van der Waals surface area contributed by atoms with E-state index in [1.807, 2.05) is 4.72 Å². The van der Waals surface area contributed by atoms with Gasteiger partial charge in [0.15, 0.2) is 0 Å². The van der Waals surface area contributed by atoms with E-state index in [-0.39, 0.29) is 36.7 Å². The zero-order valence-electron chi connectivity index (χ0n) is 56.3. The second-order valence-electron chi connectivity index (χ2n) is 18.8. The number of nitrogens with one attached hydrogen (secondary N) is 3. The lowest BCUT2D eigenvalue weighted by molar-refractivity contribution is -0.204. The van der Waals surface area contributed by atoms with Crippen LogP contribution in [-0.2, 0) is 120 Å². The van der Waals surface area contributed by atoms with Crippen molar-refractivity contribution in [3.8, 4) is 0 Å². The average molecular weight is 1480 g/mol. The SMILES string of the molecule is C=C(C)C(=O)NCCC[Si](OC)(OC)OC.CO[Si](CCCCC(=O)NC(C)=O)(OC)OC.CO[Si](CCCCC(=O)NS(C)(=O)=O)(OC)OC.CO[Si](CCCN(C(=O)C(F)(F)F)C(=O)C(F)(F)F)(OC)OC.CO[Si](CCCN(C(C)=O)S(C)(=O)=O)(OC)OC. The van der Waals surface area contributed by atoms with E-state index in [9.17, 15) is 76.7 Å². The molecule has 0 aliphatic heterocycles. The Hall–Kier alpha value is -3.61. The van der Waals surface area contributed by atoms with Crippen molar-refractivity contribution in [1.29, 1.82) is 0 Å². The van der Waals surface area contributed by atoms with Crippen LogP contribution in [0.5, 0.6) is 0 Å². The predicted molar refractivity (Wildman–Crippen MR) is 330 cm³/mol. The van der Waals surface area contributed by atoms with Crippen molar-refractivity contribution >= 4 is 105 Å². The molecule has 0 saturated heterocycles. The molecule has 0 aromatic heterocycles. The topological polar surface area (TPSA) is 369 Å². The van der Waals surface area contributed by atoms with Gasteiger partial charge in [-0.15, -0.1) is 0 Å². The Bertz CT molecular complexity index is 2330. The van der Waals surface area contributed by atoms with Crippen LogP contribution in [0.4, 0.5) is 26.3 Å².